The molecule has 0 unspecified atom stereocenters. The minimum absolute atomic E-state index is 0.142. The molecular formula is C9H8N2O3. The summed E-state index contributed by atoms with van der Waals surface area (Å²) in [6, 6.07) is 9.23. The molecule has 1 N–H and O–H groups in total. The number of ether oxygens (including phenoxy) is 1. The van der Waals surface area contributed by atoms with E-state index in [2.05, 4.69) is 10.1 Å². The zero-order valence-electron chi connectivity index (χ0n) is 7.27. The Kier molecular flexibility index (Phi) is 2.31. The van der Waals surface area contributed by atoms with Crippen molar-refractivity contribution in [3.05, 3.63) is 46.7 Å². The third-order valence-electron chi connectivity index (χ3n) is 1.59. The quantitative estimate of drug-likeness (QED) is 0.785. The maximum absolute atomic E-state index is 10.6. The summed E-state index contributed by atoms with van der Waals surface area (Å²) in [5.41, 5.74) is -0.503. The molecule has 1 aromatic heterocycles. The number of para-hydroxylation sites is 1. The lowest BCUT2D eigenvalue weighted by Crippen LogP contribution is -2.02. The van der Waals surface area contributed by atoms with Crippen LogP contribution in [0.1, 0.15) is 5.89 Å². The molecule has 0 aliphatic heterocycles. The van der Waals surface area contributed by atoms with Gasteiger partial charge in [-0.2, -0.15) is 10.1 Å². The summed E-state index contributed by atoms with van der Waals surface area (Å²) < 4.78 is 10.0. The van der Waals surface area contributed by atoms with Crippen molar-refractivity contribution >= 4 is 0 Å². The van der Waals surface area contributed by atoms with Crippen molar-refractivity contribution in [2.75, 3.05) is 0 Å². The zero-order chi connectivity index (χ0) is 9.80. The molecule has 0 amide bonds. The van der Waals surface area contributed by atoms with Gasteiger partial charge in [-0.3, -0.25) is 0 Å². The van der Waals surface area contributed by atoms with Crippen LogP contribution in [0.15, 0.2) is 39.6 Å². The van der Waals surface area contributed by atoms with Crippen LogP contribution in [0, 0.1) is 0 Å². The summed E-state index contributed by atoms with van der Waals surface area (Å²) in [5, 5.41) is 2.08. The van der Waals surface area contributed by atoms with E-state index in [9.17, 15) is 4.79 Å². The molecule has 0 aliphatic carbocycles. The van der Waals surface area contributed by atoms with Crippen molar-refractivity contribution in [1.29, 1.82) is 0 Å². The summed E-state index contributed by atoms with van der Waals surface area (Å²) >= 11 is 0. The Morgan fingerprint density at radius 3 is 2.79 bits per heavy atom. The summed E-state index contributed by atoms with van der Waals surface area (Å²) in [7, 11) is 0. The van der Waals surface area contributed by atoms with Gasteiger partial charge in [0, 0.05) is 0 Å². The SMILES string of the molecule is O=c1nc(COc2ccccc2)o[nH]1. The normalized spacial score (nSPS) is 10.0. The average molecular weight is 192 g/mol. The van der Waals surface area contributed by atoms with Gasteiger partial charge in [0.25, 0.3) is 5.89 Å². The highest BCUT2D eigenvalue weighted by Gasteiger charge is 2.01. The fraction of sp³-hybridized carbons (Fsp3) is 0.111. The predicted octanol–water partition coefficient (Wildman–Crippen LogP) is 0.942. The number of nitrogens with zero attached hydrogens (tertiary/aromatic N) is 1. The molecule has 0 bridgehead atoms. The number of benzene rings is 1. The number of aromatic amines is 1. The highest BCUT2D eigenvalue weighted by atomic mass is 16.5. The maximum Gasteiger partial charge on any atom is 0.377 e. The van der Waals surface area contributed by atoms with E-state index in [-0.39, 0.29) is 12.5 Å². The van der Waals surface area contributed by atoms with Crippen molar-refractivity contribution in [2.45, 2.75) is 6.61 Å². The first-order valence-corrected chi connectivity index (χ1v) is 4.07. The van der Waals surface area contributed by atoms with Gasteiger partial charge in [0.1, 0.15) is 5.75 Å². The Morgan fingerprint density at radius 1 is 1.36 bits per heavy atom. The first kappa shape index (κ1) is 8.55. The van der Waals surface area contributed by atoms with Crippen LogP contribution in [-0.2, 0) is 6.61 Å². The van der Waals surface area contributed by atoms with Crippen LogP contribution in [-0.4, -0.2) is 10.1 Å². The van der Waals surface area contributed by atoms with Crippen molar-refractivity contribution in [2.24, 2.45) is 0 Å². The number of H-pyrrole nitrogens is 1. The van der Waals surface area contributed by atoms with Gasteiger partial charge in [0.15, 0.2) is 6.61 Å². The Balaban J connectivity index is 1.98. The summed E-state index contributed by atoms with van der Waals surface area (Å²) in [5.74, 6) is 0.942. The van der Waals surface area contributed by atoms with Gasteiger partial charge in [-0.25, -0.2) is 4.79 Å². The Hall–Kier alpha value is -2.04. The third kappa shape index (κ3) is 2.01. The molecule has 0 aliphatic rings. The molecule has 0 fully saturated rings. The minimum atomic E-state index is -0.503. The third-order valence-corrected chi connectivity index (χ3v) is 1.59. The van der Waals surface area contributed by atoms with Crippen LogP contribution in [0.4, 0.5) is 0 Å². The summed E-state index contributed by atoms with van der Waals surface area (Å²) in [4.78, 5) is 14.1. The van der Waals surface area contributed by atoms with E-state index in [1.54, 1.807) is 0 Å². The fourth-order valence-corrected chi connectivity index (χ4v) is 0.985. The number of hydrogen-bond donors (Lipinski definition) is 1. The Labute approximate surface area is 79.3 Å². The van der Waals surface area contributed by atoms with E-state index in [0.717, 1.165) is 0 Å². The lowest BCUT2D eigenvalue weighted by Gasteiger charge is -2.00. The second-order valence-corrected chi connectivity index (χ2v) is 2.62. The van der Waals surface area contributed by atoms with Crippen molar-refractivity contribution in [1.82, 2.24) is 10.1 Å². The molecular weight excluding hydrogens is 184 g/mol. The first-order chi connectivity index (χ1) is 6.84. The van der Waals surface area contributed by atoms with Gasteiger partial charge in [0.05, 0.1) is 0 Å². The van der Waals surface area contributed by atoms with Crippen LogP contribution < -0.4 is 10.4 Å². The number of rotatable bonds is 3. The van der Waals surface area contributed by atoms with Crippen molar-refractivity contribution < 1.29 is 9.26 Å². The monoisotopic (exact) mass is 192 g/mol. The van der Waals surface area contributed by atoms with E-state index in [0.29, 0.717) is 5.75 Å². The number of hydrogen-bond acceptors (Lipinski definition) is 4. The topological polar surface area (TPSA) is 68.1 Å². The molecule has 2 rings (SSSR count). The second kappa shape index (κ2) is 3.78. The molecule has 2 aromatic rings. The minimum Gasteiger partial charge on any atom is -0.484 e. The van der Waals surface area contributed by atoms with Gasteiger partial charge in [-0.1, -0.05) is 18.2 Å². The molecule has 0 spiro atoms. The van der Waals surface area contributed by atoms with E-state index in [1.807, 2.05) is 30.3 Å². The van der Waals surface area contributed by atoms with Gasteiger partial charge in [0.2, 0.25) is 0 Å². The van der Waals surface area contributed by atoms with E-state index in [1.165, 1.54) is 0 Å². The number of aromatic nitrogens is 2. The molecule has 5 heteroatoms. The lowest BCUT2D eigenvalue weighted by molar-refractivity contribution is 0.242. The Morgan fingerprint density at radius 2 is 2.14 bits per heavy atom. The fourth-order valence-electron chi connectivity index (χ4n) is 0.985. The molecule has 14 heavy (non-hydrogen) atoms. The second-order valence-electron chi connectivity index (χ2n) is 2.62. The van der Waals surface area contributed by atoms with E-state index in [4.69, 9.17) is 9.26 Å². The zero-order valence-corrected chi connectivity index (χ0v) is 7.27. The van der Waals surface area contributed by atoms with Crippen LogP contribution in [0.25, 0.3) is 0 Å². The summed E-state index contributed by atoms with van der Waals surface area (Å²) in [6.45, 7) is 0.142. The van der Waals surface area contributed by atoms with E-state index >= 15 is 0 Å². The van der Waals surface area contributed by atoms with Gasteiger partial charge < -0.3 is 9.26 Å². The molecule has 0 saturated heterocycles. The van der Waals surface area contributed by atoms with Crippen LogP contribution in [0.5, 0.6) is 5.75 Å². The van der Waals surface area contributed by atoms with Crippen molar-refractivity contribution in [3.63, 3.8) is 0 Å². The first-order valence-electron chi connectivity index (χ1n) is 4.07. The number of nitrogens with one attached hydrogen (secondary N) is 1. The van der Waals surface area contributed by atoms with Gasteiger partial charge in [-0.15, -0.1) is 0 Å². The van der Waals surface area contributed by atoms with Crippen LogP contribution in [0.2, 0.25) is 0 Å². The highest BCUT2D eigenvalue weighted by molar-refractivity contribution is 5.20. The standard InChI is InChI=1S/C9H8N2O3/c12-9-10-8(14-11-9)6-13-7-4-2-1-3-5-7/h1-5H,6H2,(H,11,12). The molecule has 0 saturated carbocycles. The van der Waals surface area contributed by atoms with Crippen LogP contribution >= 0.6 is 0 Å². The predicted molar refractivity (Wildman–Crippen MR) is 47.9 cm³/mol. The maximum atomic E-state index is 10.6. The van der Waals surface area contributed by atoms with E-state index < -0.39 is 5.69 Å². The highest BCUT2D eigenvalue weighted by Crippen LogP contribution is 2.09. The lowest BCUT2D eigenvalue weighted by atomic mass is 10.3. The Bertz CT molecular complexity index is 446. The smallest absolute Gasteiger partial charge is 0.377 e. The molecule has 5 nitrogen and oxygen atoms in total. The average Bonchev–Trinajstić information content (AvgIpc) is 2.63. The molecule has 0 atom stereocenters. The molecule has 0 radical (unpaired) electrons. The van der Waals surface area contributed by atoms with Gasteiger partial charge >= 0.3 is 5.69 Å². The molecule has 72 valence electrons. The van der Waals surface area contributed by atoms with Crippen LogP contribution in [0.3, 0.4) is 0 Å². The molecule has 1 heterocycles. The largest absolute Gasteiger partial charge is 0.484 e. The molecule has 1 aromatic carbocycles. The van der Waals surface area contributed by atoms with Gasteiger partial charge in [-0.05, 0) is 12.1 Å². The van der Waals surface area contributed by atoms with Crippen molar-refractivity contribution in [3.8, 4) is 5.75 Å². The summed E-state index contributed by atoms with van der Waals surface area (Å²) in [6.07, 6.45) is 0.